The molecule has 0 fully saturated rings. The first kappa shape index (κ1) is 19.7. The van der Waals surface area contributed by atoms with Crippen LogP contribution < -0.4 is 10.6 Å². The van der Waals surface area contributed by atoms with E-state index in [2.05, 4.69) is 20.6 Å². The van der Waals surface area contributed by atoms with Gasteiger partial charge in [0.15, 0.2) is 5.65 Å². The summed E-state index contributed by atoms with van der Waals surface area (Å²) in [6.45, 7) is 4.10. The third kappa shape index (κ3) is 4.59. The molecule has 148 valence electrons. The molecule has 2 heterocycles. The summed E-state index contributed by atoms with van der Waals surface area (Å²) in [6, 6.07) is 8.29. The second kappa shape index (κ2) is 7.87. The van der Waals surface area contributed by atoms with E-state index < -0.39 is 18.0 Å². The van der Waals surface area contributed by atoms with Crippen LogP contribution in [0.5, 0.6) is 0 Å². The average molecular weight is 391 g/mol. The Bertz CT molecular complexity index is 977. The molecule has 0 bridgehead atoms. The van der Waals surface area contributed by atoms with E-state index in [9.17, 15) is 18.0 Å². The van der Waals surface area contributed by atoms with E-state index in [0.717, 1.165) is 15.7 Å². The molecule has 0 aliphatic heterocycles. The highest BCUT2D eigenvalue weighted by atomic mass is 19.4. The maximum Gasteiger partial charge on any atom is 0.449 e. The number of fused-ring (bicyclic) bond motifs is 1. The van der Waals surface area contributed by atoms with Crippen molar-refractivity contribution in [2.45, 2.75) is 33.0 Å². The Morgan fingerprint density at radius 2 is 1.89 bits per heavy atom. The number of alkyl halides is 3. The minimum absolute atomic E-state index is 0.0339. The van der Waals surface area contributed by atoms with Gasteiger partial charge in [0.05, 0.1) is 0 Å². The summed E-state index contributed by atoms with van der Waals surface area (Å²) < 4.78 is 40.8. The van der Waals surface area contributed by atoms with Gasteiger partial charge in [-0.15, -0.1) is 0 Å². The lowest BCUT2D eigenvalue weighted by atomic mass is 10.1. The Morgan fingerprint density at radius 1 is 1.18 bits per heavy atom. The van der Waals surface area contributed by atoms with E-state index in [-0.39, 0.29) is 24.3 Å². The van der Waals surface area contributed by atoms with Crippen LogP contribution in [-0.2, 0) is 12.7 Å². The van der Waals surface area contributed by atoms with Crippen LogP contribution in [0.1, 0.15) is 23.4 Å². The lowest BCUT2D eigenvalue weighted by Gasteiger charge is -2.12. The Morgan fingerprint density at radius 3 is 2.57 bits per heavy atom. The van der Waals surface area contributed by atoms with E-state index in [1.54, 1.807) is 6.07 Å². The molecule has 0 radical (unpaired) electrons. The fourth-order valence-electron chi connectivity index (χ4n) is 3.05. The summed E-state index contributed by atoms with van der Waals surface area (Å²) in [6.07, 6.45) is -2.85. The predicted octanol–water partition coefficient (Wildman–Crippen LogP) is 4.28. The molecule has 1 aromatic carbocycles. The van der Waals surface area contributed by atoms with Gasteiger partial charge in [0, 0.05) is 25.0 Å². The molecule has 0 saturated heterocycles. The highest BCUT2D eigenvalue weighted by Gasteiger charge is 2.37. The van der Waals surface area contributed by atoms with Gasteiger partial charge in [0.2, 0.25) is 5.82 Å². The molecule has 0 spiro atoms. The second-order valence-corrected chi connectivity index (χ2v) is 6.54. The number of rotatable bonds is 5. The molecule has 2 amide bonds. The van der Waals surface area contributed by atoms with Gasteiger partial charge in [-0.2, -0.15) is 13.2 Å². The van der Waals surface area contributed by atoms with E-state index in [0.29, 0.717) is 12.1 Å². The van der Waals surface area contributed by atoms with Gasteiger partial charge in [-0.3, -0.25) is 0 Å². The summed E-state index contributed by atoms with van der Waals surface area (Å²) in [4.78, 5) is 19.6. The SMILES string of the molecule is Cc1cc(C)cc(NC(=O)NCCCn2c(C(F)(F)F)nc3cccnc32)c1. The summed E-state index contributed by atoms with van der Waals surface area (Å²) in [7, 11) is 0. The number of anilines is 1. The van der Waals surface area contributed by atoms with Gasteiger partial charge in [-0.25, -0.2) is 14.8 Å². The van der Waals surface area contributed by atoms with Gasteiger partial charge in [-0.05, 0) is 55.7 Å². The zero-order chi connectivity index (χ0) is 20.3. The Labute approximate surface area is 159 Å². The first-order valence-electron chi connectivity index (χ1n) is 8.75. The first-order chi connectivity index (χ1) is 13.2. The molecule has 2 aromatic heterocycles. The number of imidazole rings is 1. The molecule has 6 nitrogen and oxygen atoms in total. The molecule has 3 aromatic rings. The minimum atomic E-state index is -4.57. The number of benzene rings is 1. The first-order valence-corrected chi connectivity index (χ1v) is 8.75. The maximum absolute atomic E-state index is 13.2. The van der Waals surface area contributed by atoms with Gasteiger partial charge >= 0.3 is 12.2 Å². The number of nitrogens with one attached hydrogen (secondary N) is 2. The summed E-state index contributed by atoms with van der Waals surface area (Å²) in [5, 5.41) is 5.37. The van der Waals surface area contributed by atoms with Crippen molar-refractivity contribution in [1.29, 1.82) is 0 Å². The number of urea groups is 1. The van der Waals surface area contributed by atoms with Crippen LogP contribution >= 0.6 is 0 Å². The molecular formula is C19H20F3N5O. The fraction of sp³-hybridized carbons (Fsp3) is 0.316. The van der Waals surface area contributed by atoms with Crippen molar-refractivity contribution in [3.63, 3.8) is 0 Å². The average Bonchev–Trinajstić information content (AvgIpc) is 2.97. The topological polar surface area (TPSA) is 71.8 Å². The van der Waals surface area contributed by atoms with Crippen molar-refractivity contribution in [1.82, 2.24) is 19.9 Å². The highest BCUT2D eigenvalue weighted by Crippen LogP contribution is 2.30. The summed E-state index contributed by atoms with van der Waals surface area (Å²) >= 11 is 0. The number of hydrogen-bond acceptors (Lipinski definition) is 3. The molecule has 0 atom stereocenters. The van der Waals surface area contributed by atoms with E-state index in [1.807, 2.05) is 32.0 Å². The summed E-state index contributed by atoms with van der Waals surface area (Å²) in [5.74, 6) is -0.985. The molecule has 28 heavy (non-hydrogen) atoms. The number of amides is 2. The Hall–Kier alpha value is -3.10. The molecule has 0 saturated carbocycles. The van der Waals surface area contributed by atoms with Crippen molar-refractivity contribution in [2.75, 3.05) is 11.9 Å². The van der Waals surface area contributed by atoms with Crippen molar-refractivity contribution >= 4 is 22.9 Å². The number of carbonyl (C=O) groups excluding carboxylic acids is 1. The van der Waals surface area contributed by atoms with Crippen LogP contribution in [0.3, 0.4) is 0 Å². The quantitative estimate of drug-likeness (QED) is 0.638. The number of nitrogens with zero attached hydrogens (tertiary/aromatic N) is 3. The molecule has 9 heteroatoms. The molecule has 0 aliphatic rings. The van der Waals surface area contributed by atoms with Crippen LogP contribution in [-0.4, -0.2) is 27.1 Å². The molecule has 0 unspecified atom stereocenters. The normalized spacial score (nSPS) is 11.6. The highest BCUT2D eigenvalue weighted by molar-refractivity contribution is 5.89. The second-order valence-electron chi connectivity index (χ2n) is 6.54. The van der Waals surface area contributed by atoms with Gasteiger partial charge < -0.3 is 15.2 Å². The van der Waals surface area contributed by atoms with Crippen LogP contribution in [0, 0.1) is 13.8 Å². The summed E-state index contributed by atoms with van der Waals surface area (Å²) in [5.41, 5.74) is 3.08. The predicted molar refractivity (Wildman–Crippen MR) is 100 cm³/mol. The fourth-order valence-corrected chi connectivity index (χ4v) is 3.05. The zero-order valence-corrected chi connectivity index (χ0v) is 15.5. The van der Waals surface area contributed by atoms with Crippen LogP contribution in [0.15, 0.2) is 36.5 Å². The number of halogens is 3. The van der Waals surface area contributed by atoms with Gasteiger partial charge in [0.1, 0.15) is 5.52 Å². The maximum atomic E-state index is 13.2. The third-order valence-electron chi connectivity index (χ3n) is 4.08. The van der Waals surface area contributed by atoms with Crippen LogP contribution in [0.25, 0.3) is 11.2 Å². The molecule has 2 N–H and O–H groups in total. The zero-order valence-electron chi connectivity index (χ0n) is 15.5. The van der Waals surface area contributed by atoms with Gasteiger partial charge in [-0.1, -0.05) is 6.07 Å². The van der Waals surface area contributed by atoms with Crippen molar-refractivity contribution in [3.05, 3.63) is 53.5 Å². The van der Waals surface area contributed by atoms with Crippen molar-refractivity contribution < 1.29 is 18.0 Å². The number of pyridine rings is 1. The third-order valence-corrected chi connectivity index (χ3v) is 4.08. The van der Waals surface area contributed by atoms with E-state index in [1.165, 1.54) is 12.3 Å². The molecular weight excluding hydrogens is 371 g/mol. The van der Waals surface area contributed by atoms with E-state index >= 15 is 0 Å². The van der Waals surface area contributed by atoms with Crippen molar-refractivity contribution in [3.8, 4) is 0 Å². The largest absolute Gasteiger partial charge is 0.449 e. The minimum Gasteiger partial charge on any atom is -0.338 e. The Balaban J connectivity index is 1.60. The number of carbonyl (C=O) groups is 1. The smallest absolute Gasteiger partial charge is 0.338 e. The van der Waals surface area contributed by atoms with E-state index in [4.69, 9.17) is 0 Å². The lowest BCUT2D eigenvalue weighted by Crippen LogP contribution is -2.30. The Kier molecular flexibility index (Phi) is 5.53. The number of aromatic nitrogens is 3. The monoisotopic (exact) mass is 391 g/mol. The van der Waals surface area contributed by atoms with Crippen LogP contribution in [0.2, 0.25) is 0 Å². The lowest BCUT2D eigenvalue weighted by molar-refractivity contribution is -0.147. The number of hydrogen-bond donors (Lipinski definition) is 2. The molecule has 0 aliphatic carbocycles. The van der Waals surface area contributed by atoms with Crippen molar-refractivity contribution in [2.24, 2.45) is 0 Å². The number of aryl methyl sites for hydroxylation is 3. The molecule has 3 rings (SSSR count). The standard InChI is InChI=1S/C19H20F3N5O/c1-12-9-13(2)11-14(10-12)25-18(28)24-7-4-8-27-16-15(5-3-6-23-16)26-17(27)19(20,21)22/h3,5-6,9-11H,4,7-8H2,1-2H3,(H2,24,25,28). The van der Waals surface area contributed by atoms with Crippen LogP contribution in [0.4, 0.5) is 23.7 Å². The van der Waals surface area contributed by atoms with Gasteiger partial charge in [0.25, 0.3) is 0 Å².